The van der Waals surface area contributed by atoms with Gasteiger partial charge in [-0.15, -0.1) is 0 Å². The Hall–Kier alpha value is -4.32. The lowest BCUT2D eigenvalue weighted by molar-refractivity contribution is -0.127. The van der Waals surface area contributed by atoms with Gasteiger partial charge in [0, 0.05) is 45.0 Å². The highest BCUT2D eigenvalue weighted by atomic mass is 16.5. The summed E-state index contributed by atoms with van der Waals surface area (Å²) >= 11 is 0. The van der Waals surface area contributed by atoms with E-state index in [4.69, 9.17) is 4.74 Å². The van der Waals surface area contributed by atoms with E-state index < -0.39 is 6.04 Å². The zero-order valence-electron chi connectivity index (χ0n) is 20.5. The molecule has 1 aliphatic rings. The van der Waals surface area contributed by atoms with E-state index in [1.807, 2.05) is 66.7 Å². The van der Waals surface area contributed by atoms with Crippen molar-refractivity contribution in [3.8, 4) is 5.75 Å². The topological polar surface area (TPSA) is 74.4 Å². The van der Waals surface area contributed by atoms with Crippen LogP contribution in [-0.4, -0.2) is 37.0 Å². The molecule has 0 saturated heterocycles. The molecule has 186 valence electrons. The van der Waals surface area contributed by atoms with Gasteiger partial charge >= 0.3 is 0 Å². The summed E-state index contributed by atoms with van der Waals surface area (Å²) in [6.07, 6.45) is 5.48. The lowest BCUT2D eigenvalue weighted by Crippen LogP contribution is -2.49. The Morgan fingerprint density at radius 1 is 1.06 bits per heavy atom. The summed E-state index contributed by atoms with van der Waals surface area (Å²) in [6, 6.07) is 22.7. The van der Waals surface area contributed by atoms with Gasteiger partial charge in [-0.1, -0.05) is 54.6 Å². The number of ether oxygens (including phenoxy) is 1. The zero-order valence-corrected chi connectivity index (χ0v) is 20.5. The van der Waals surface area contributed by atoms with Crippen LogP contribution in [0.3, 0.4) is 0 Å². The first-order valence-electron chi connectivity index (χ1n) is 12.1. The van der Waals surface area contributed by atoms with E-state index in [1.54, 1.807) is 19.1 Å². The second-order valence-corrected chi connectivity index (χ2v) is 9.08. The van der Waals surface area contributed by atoms with Crippen LogP contribution in [0.25, 0.3) is 17.0 Å². The molecule has 1 aliphatic heterocycles. The zero-order chi connectivity index (χ0) is 25.1. The summed E-state index contributed by atoms with van der Waals surface area (Å²) < 4.78 is 5.24. The third kappa shape index (κ3) is 4.89. The first-order valence-corrected chi connectivity index (χ1v) is 12.1. The Morgan fingerprint density at radius 3 is 2.67 bits per heavy atom. The lowest BCUT2D eigenvalue weighted by atomic mass is 10.0. The SMILES string of the molecule is COc1ccc(N(C)C(=O)[C@@H]2Cc3cccc(c3)/C=C/Cc3[nH]c4ccccc4c3CC(=O)N2)cc1.[HH].[HH]. The van der Waals surface area contributed by atoms with E-state index >= 15 is 0 Å². The number of likely N-dealkylation sites (N-methyl/N-ethyl adjacent to an activating group) is 1. The number of fused-ring (bicyclic) bond motifs is 5. The van der Waals surface area contributed by atoms with Gasteiger partial charge in [-0.05, 0) is 47.0 Å². The lowest BCUT2D eigenvalue weighted by Gasteiger charge is -2.25. The third-order valence-electron chi connectivity index (χ3n) is 6.69. The molecule has 6 nitrogen and oxygen atoms in total. The molecule has 2 bridgehead atoms. The normalized spacial score (nSPS) is 16.6. The molecule has 0 aliphatic carbocycles. The molecule has 36 heavy (non-hydrogen) atoms. The maximum atomic E-state index is 13.6. The maximum Gasteiger partial charge on any atom is 0.249 e. The van der Waals surface area contributed by atoms with Gasteiger partial charge < -0.3 is 19.9 Å². The van der Waals surface area contributed by atoms with Crippen molar-refractivity contribution in [1.29, 1.82) is 0 Å². The summed E-state index contributed by atoms with van der Waals surface area (Å²) in [5.41, 5.74) is 5.76. The molecule has 3 aromatic carbocycles. The van der Waals surface area contributed by atoms with Crippen molar-refractivity contribution in [2.45, 2.75) is 25.3 Å². The number of aromatic nitrogens is 1. The highest BCUT2D eigenvalue weighted by Crippen LogP contribution is 2.25. The highest BCUT2D eigenvalue weighted by molar-refractivity contribution is 6.00. The molecule has 0 fully saturated rings. The van der Waals surface area contributed by atoms with Crippen molar-refractivity contribution >= 4 is 34.5 Å². The smallest absolute Gasteiger partial charge is 0.249 e. The number of anilines is 1. The van der Waals surface area contributed by atoms with Crippen LogP contribution in [0.15, 0.2) is 78.9 Å². The van der Waals surface area contributed by atoms with Crippen LogP contribution in [0.5, 0.6) is 5.75 Å². The highest BCUT2D eigenvalue weighted by Gasteiger charge is 2.26. The van der Waals surface area contributed by atoms with Crippen molar-refractivity contribution in [2.75, 3.05) is 19.1 Å². The Balaban J connectivity index is 0.00000200. The Bertz CT molecular complexity index is 1450. The van der Waals surface area contributed by atoms with E-state index in [9.17, 15) is 9.59 Å². The molecule has 1 atom stereocenters. The number of H-pyrrole nitrogens is 1. The number of carbonyl (C=O) groups excluding carboxylic acids is 2. The minimum absolute atomic E-state index is 0. The van der Waals surface area contributed by atoms with Crippen LogP contribution in [0.4, 0.5) is 5.69 Å². The van der Waals surface area contributed by atoms with E-state index in [1.165, 1.54) is 0 Å². The predicted octanol–water partition coefficient (Wildman–Crippen LogP) is 5.17. The molecule has 0 saturated carbocycles. The number of hydrogen-bond acceptors (Lipinski definition) is 3. The molecule has 0 unspecified atom stereocenters. The second-order valence-electron chi connectivity index (χ2n) is 9.08. The number of aromatic amines is 1. The van der Waals surface area contributed by atoms with Crippen LogP contribution in [0, 0.1) is 0 Å². The van der Waals surface area contributed by atoms with Crippen molar-refractivity contribution in [2.24, 2.45) is 0 Å². The number of carbonyl (C=O) groups is 2. The largest absolute Gasteiger partial charge is 0.497 e. The summed E-state index contributed by atoms with van der Waals surface area (Å²) in [4.78, 5) is 32.1. The molecule has 5 rings (SSSR count). The average Bonchev–Trinajstić information content (AvgIpc) is 3.24. The number of nitrogens with zero attached hydrogens (tertiary/aromatic N) is 1. The molecule has 4 aromatic rings. The minimum Gasteiger partial charge on any atom is -0.497 e. The van der Waals surface area contributed by atoms with E-state index in [-0.39, 0.29) is 21.1 Å². The summed E-state index contributed by atoms with van der Waals surface area (Å²) in [7, 11) is 3.34. The number of hydrogen-bond donors (Lipinski definition) is 2. The maximum absolute atomic E-state index is 13.6. The average molecular weight is 484 g/mol. The molecule has 2 amide bonds. The van der Waals surface area contributed by atoms with Gasteiger partial charge in [-0.25, -0.2) is 0 Å². The number of allylic oxidation sites excluding steroid dienone is 1. The van der Waals surface area contributed by atoms with E-state index in [0.717, 1.165) is 44.7 Å². The number of methoxy groups -OCH3 is 1. The molecule has 0 spiro atoms. The minimum atomic E-state index is -0.710. The first kappa shape index (κ1) is 23.4. The van der Waals surface area contributed by atoms with Crippen molar-refractivity contribution in [3.63, 3.8) is 0 Å². The van der Waals surface area contributed by atoms with Crippen LogP contribution < -0.4 is 15.0 Å². The van der Waals surface area contributed by atoms with Gasteiger partial charge in [0.15, 0.2) is 0 Å². The van der Waals surface area contributed by atoms with Gasteiger partial charge in [0.05, 0.1) is 13.5 Å². The second kappa shape index (κ2) is 10.1. The van der Waals surface area contributed by atoms with Crippen LogP contribution in [0.2, 0.25) is 0 Å². The Labute approximate surface area is 213 Å². The van der Waals surface area contributed by atoms with Gasteiger partial charge in [0.25, 0.3) is 0 Å². The van der Waals surface area contributed by atoms with Gasteiger partial charge in [-0.2, -0.15) is 0 Å². The van der Waals surface area contributed by atoms with Gasteiger partial charge in [0.1, 0.15) is 11.8 Å². The van der Waals surface area contributed by atoms with Crippen molar-refractivity contribution < 1.29 is 17.2 Å². The van der Waals surface area contributed by atoms with E-state index in [2.05, 4.69) is 28.5 Å². The molecule has 1 aromatic heterocycles. The van der Waals surface area contributed by atoms with Crippen LogP contribution >= 0.6 is 0 Å². The summed E-state index contributed by atoms with van der Waals surface area (Å²) in [5, 5.41) is 4.08. The monoisotopic (exact) mass is 483 g/mol. The summed E-state index contributed by atoms with van der Waals surface area (Å²) in [5.74, 6) is 0.361. The van der Waals surface area contributed by atoms with Gasteiger partial charge in [-0.3, -0.25) is 9.59 Å². The van der Waals surface area contributed by atoms with E-state index in [0.29, 0.717) is 12.8 Å². The molecule has 0 radical (unpaired) electrons. The van der Waals surface area contributed by atoms with Gasteiger partial charge in [0.2, 0.25) is 11.8 Å². The number of rotatable bonds is 3. The fraction of sp³-hybridized carbons (Fsp3) is 0.200. The fourth-order valence-corrected chi connectivity index (χ4v) is 4.78. The molecule has 6 heteroatoms. The molecular weight excluding hydrogens is 450 g/mol. The number of nitrogens with one attached hydrogen (secondary N) is 2. The predicted molar refractivity (Wildman–Crippen MR) is 147 cm³/mol. The Kier molecular flexibility index (Phi) is 6.58. The fourth-order valence-electron chi connectivity index (χ4n) is 4.78. The number of amides is 2. The number of para-hydroxylation sites is 1. The molecule has 2 heterocycles. The van der Waals surface area contributed by atoms with Crippen LogP contribution in [-0.2, 0) is 28.9 Å². The van der Waals surface area contributed by atoms with Crippen molar-refractivity contribution in [3.05, 3.63) is 101 Å². The standard InChI is InChI=1S/C30H29N3O3.2H2/c1-33(22-13-15-23(36-2)16-14-22)30(35)28-18-21-9-5-7-20(17-21)8-6-12-27-25(19-29(34)32-28)24-10-3-4-11-26(24)31-27;;/h3-11,13-17,28,31H,12,18-19H2,1-2H3,(H,32,34);2*1H/b8-6+;;/t28-;;/m0../s1. The molecular formula is C30H33N3O3. The number of benzene rings is 3. The summed E-state index contributed by atoms with van der Waals surface area (Å²) in [6.45, 7) is 0. The quantitative estimate of drug-likeness (QED) is 0.422. The van der Waals surface area contributed by atoms with Crippen molar-refractivity contribution in [1.82, 2.24) is 10.3 Å². The van der Waals surface area contributed by atoms with Crippen LogP contribution in [0.1, 0.15) is 25.2 Å². The first-order chi connectivity index (χ1) is 17.5. The third-order valence-corrected chi connectivity index (χ3v) is 6.69. The molecule has 2 N–H and O–H groups in total. The Morgan fingerprint density at radius 2 is 1.86 bits per heavy atom.